The summed E-state index contributed by atoms with van der Waals surface area (Å²) in [5.74, 6) is -3.56. The van der Waals surface area contributed by atoms with E-state index in [-0.39, 0.29) is 16.4 Å². The second-order valence-electron chi connectivity index (χ2n) is 6.64. The molecule has 1 N–H and O–H groups in total. The van der Waals surface area contributed by atoms with Crippen molar-refractivity contribution in [3.63, 3.8) is 0 Å². The predicted octanol–water partition coefficient (Wildman–Crippen LogP) is 2.54. The molecule has 7 nitrogen and oxygen atoms in total. The van der Waals surface area contributed by atoms with Gasteiger partial charge in [0.25, 0.3) is 17.7 Å². The summed E-state index contributed by atoms with van der Waals surface area (Å²) >= 11 is 5.07. The lowest BCUT2D eigenvalue weighted by molar-refractivity contribution is -0.122. The fourth-order valence-corrected chi connectivity index (χ4v) is 3.50. The normalized spacial score (nSPS) is 20.7. The van der Waals surface area contributed by atoms with Crippen molar-refractivity contribution in [2.75, 3.05) is 9.91 Å². The summed E-state index contributed by atoms with van der Waals surface area (Å²) in [5, 5.41) is 7.63. The van der Waals surface area contributed by atoms with Crippen molar-refractivity contribution < 1.29 is 18.8 Å². The number of benzene rings is 2. The molecule has 3 amide bonds. The van der Waals surface area contributed by atoms with E-state index >= 15 is 0 Å². The second kappa shape index (κ2) is 7.60. The van der Waals surface area contributed by atoms with Crippen LogP contribution in [0.1, 0.15) is 6.92 Å². The Bertz CT molecular complexity index is 1150. The van der Waals surface area contributed by atoms with Crippen molar-refractivity contribution in [3.05, 3.63) is 72.1 Å². The standard InChI is InChI=1S/C21H15FN4O3S/c1-12-14(20(29)26(24-12)13-7-3-2-4-8-13)11-15-18(27)23-21(30)25(19(15)28)17-10-6-5-9-16(17)22/h2-11,14H,1H3,(H,23,27,30)/b15-11+. The van der Waals surface area contributed by atoms with Crippen LogP contribution < -0.4 is 15.2 Å². The molecular formula is C21H15FN4O3S. The predicted molar refractivity (Wildman–Crippen MR) is 113 cm³/mol. The number of nitrogens with zero attached hydrogens (tertiary/aromatic N) is 3. The van der Waals surface area contributed by atoms with Gasteiger partial charge in [0.1, 0.15) is 11.4 Å². The largest absolute Gasteiger partial charge is 0.298 e. The molecule has 2 aromatic carbocycles. The second-order valence-corrected chi connectivity index (χ2v) is 7.02. The number of para-hydroxylation sites is 2. The number of hydrogen-bond donors (Lipinski definition) is 1. The zero-order valence-electron chi connectivity index (χ0n) is 15.7. The summed E-state index contributed by atoms with van der Waals surface area (Å²) in [7, 11) is 0. The minimum absolute atomic E-state index is 0.0903. The molecule has 150 valence electrons. The van der Waals surface area contributed by atoms with Gasteiger partial charge in [0, 0.05) is 0 Å². The van der Waals surface area contributed by atoms with E-state index in [1.54, 1.807) is 37.3 Å². The van der Waals surface area contributed by atoms with Gasteiger partial charge in [0.05, 0.1) is 23.0 Å². The van der Waals surface area contributed by atoms with E-state index in [9.17, 15) is 18.8 Å². The quantitative estimate of drug-likeness (QED) is 0.468. The fraction of sp³-hybridized carbons (Fsp3) is 0.0952. The van der Waals surface area contributed by atoms with Gasteiger partial charge >= 0.3 is 0 Å². The summed E-state index contributed by atoms with van der Waals surface area (Å²) in [5.41, 5.74) is 0.584. The smallest absolute Gasteiger partial charge is 0.270 e. The van der Waals surface area contributed by atoms with Crippen molar-refractivity contribution in [1.29, 1.82) is 0 Å². The number of hydrogen-bond acceptors (Lipinski definition) is 5. The van der Waals surface area contributed by atoms with Crippen LogP contribution in [0.25, 0.3) is 0 Å². The topological polar surface area (TPSA) is 82.1 Å². The van der Waals surface area contributed by atoms with E-state index in [4.69, 9.17) is 12.2 Å². The number of thiocarbonyl (C=S) groups is 1. The summed E-state index contributed by atoms with van der Waals surface area (Å²) in [6.45, 7) is 1.63. The highest BCUT2D eigenvalue weighted by Crippen LogP contribution is 2.28. The molecule has 2 heterocycles. The summed E-state index contributed by atoms with van der Waals surface area (Å²) in [4.78, 5) is 39.3. The molecule has 9 heteroatoms. The third-order valence-corrected chi connectivity index (χ3v) is 5.00. The number of rotatable bonds is 3. The molecule has 0 aromatic heterocycles. The molecule has 4 rings (SSSR count). The molecule has 30 heavy (non-hydrogen) atoms. The van der Waals surface area contributed by atoms with Gasteiger partial charge in [-0.15, -0.1) is 0 Å². The van der Waals surface area contributed by atoms with Crippen molar-refractivity contribution in [3.8, 4) is 0 Å². The minimum atomic E-state index is -0.913. The molecule has 2 aliphatic rings. The number of hydrazone groups is 1. The van der Waals surface area contributed by atoms with Crippen LogP contribution in [0.15, 0.2) is 71.3 Å². The van der Waals surface area contributed by atoms with E-state index in [2.05, 4.69) is 10.4 Å². The number of halogens is 1. The third-order valence-electron chi connectivity index (χ3n) is 4.71. The zero-order valence-corrected chi connectivity index (χ0v) is 16.5. The molecule has 2 aromatic rings. The molecule has 1 atom stereocenters. The number of carbonyl (C=O) groups is 3. The van der Waals surface area contributed by atoms with Crippen LogP contribution in [0.4, 0.5) is 15.8 Å². The third kappa shape index (κ3) is 3.29. The number of nitrogens with one attached hydrogen (secondary N) is 1. The van der Waals surface area contributed by atoms with E-state index in [1.807, 2.05) is 6.07 Å². The first kappa shape index (κ1) is 19.6. The average molecular weight is 422 g/mol. The van der Waals surface area contributed by atoms with Crippen LogP contribution in [0, 0.1) is 11.7 Å². The van der Waals surface area contributed by atoms with Crippen molar-refractivity contribution in [2.24, 2.45) is 11.0 Å². The average Bonchev–Trinajstić information content (AvgIpc) is 3.01. The Morgan fingerprint density at radius 1 is 1.07 bits per heavy atom. The van der Waals surface area contributed by atoms with Gasteiger partial charge in [-0.1, -0.05) is 30.3 Å². The van der Waals surface area contributed by atoms with Crippen LogP contribution in [0.3, 0.4) is 0 Å². The molecule has 0 bridgehead atoms. The highest BCUT2D eigenvalue weighted by molar-refractivity contribution is 7.80. The maximum Gasteiger partial charge on any atom is 0.270 e. The molecule has 2 aliphatic heterocycles. The molecule has 0 radical (unpaired) electrons. The van der Waals surface area contributed by atoms with Gasteiger partial charge in [-0.3, -0.25) is 19.7 Å². The van der Waals surface area contributed by atoms with Gasteiger partial charge in [0.15, 0.2) is 5.11 Å². The Kier molecular flexibility index (Phi) is 4.96. The maximum atomic E-state index is 14.2. The van der Waals surface area contributed by atoms with Crippen LogP contribution in [0.2, 0.25) is 0 Å². The number of carbonyl (C=O) groups excluding carboxylic acids is 3. The Balaban J connectivity index is 1.69. The first-order valence-electron chi connectivity index (χ1n) is 8.98. The van der Waals surface area contributed by atoms with Crippen molar-refractivity contribution in [1.82, 2.24) is 5.32 Å². The van der Waals surface area contributed by atoms with E-state index in [0.717, 1.165) is 4.90 Å². The summed E-state index contributed by atoms with van der Waals surface area (Å²) in [6.07, 6.45) is 1.25. The lowest BCUT2D eigenvalue weighted by atomic mass is 9.98. The highest BCUT2D eigenvalue weighted by atomic mass is 32.1. The Labute approximate surface area is 176 Å². The summed E-state index contributed by atoms with van der Waals surface area (Å²) in [6, 6.07) is 14.4. The molecule has 0 spiro atoms. The molecule has 1 unspecified atom stereocenters. The van der Waals surface area contributed by atoms with Crippen molar-refractivity contribution >= 4 is 52.1 Å². The number of anilines is 2. The lowest BCUT2D eigenvalue weighted by Gasteiger charge is -2.29. The zero-order chi connectivity index (χ0) is 21.4. The fourth-order valence-electron chi connectivity index (χ4n) is 3.22. The first-order valence-corrected chi connectivity index (χ1v) is 9.39. The van der Waals surface area contributed by atoms with Gasteiger partial charge in [-0.05, 0) is 49.5 Å². The minimum Gasteiger partial charge on any atom is -0.298 e. The summed E-state index contributed by atoms with van der Waals surface area (Å²) < 4.78 is 14.2. The molecule has 1 fully saturated rings. The van der Waals surface area contributed by atoms with Crippen LogP contribution in [-0.4, -0.2) is 28.5 Å². The van der Waals surface area contributed by atoms with Gasteiger partial charge in [0.2, 0.25) is 0 Å². The monoisotopic (exact) mass is 422 g/mol. The highest BCUT2D eigenvalue weighted by Gasteiger charge is 2.39. The Morgan fingerprint density at radius 3 is 2.43 bits per heavy atom. The van der Waals surface area contributed by atoms with Crippen LogP contribution in [-0.2, 0) is 14.4 Å². The van der Waals surface area contributed by atoms with Gasteiger partial charge in [-0.2, -0.15) is 10.1 Å². The van der Waals surface area contributed by atoms with Gasteiger partial charge in [-0.25, -0.2) is 9.29 Å². The van der Waals surface area contributed by atoms with E-state index in [1.165, 1.54) is 29.3 Å². The van der Waals surface area contributed by atoms with Crippen LogP contribution in [0.5, 0.6) is 0 Å². The Morgan fingerprint density at radius 2 is 1.73 bits per heavy atom. The number of amides is 3. The molecule has 1 saturated heterocycles. The van der Waals surface area contributed by atoms with E-state index in [0.29, 0.717) is 11.4 Å². The lowest BCUT2D eigenvalue weighted by Crippen LogP contribution is -2.54. The van der Waals surface area contributed by atoms with E-state index < -0.39 is 29.5 Å². The van der Waals surface area contributed by atoms with Crippen LogP contribution >= 0.6 is 12.2 Å². The Hall–Kier alpha value is -3.72. The maximum absolute atomic E-state index is 14.2. The molecule has 0 aliphatic carbocycles. The molecular weight excluding hydrogens is 407 g/mol. The van der Waals surface area contributed by atoms with Gasteiger partial charge < -0.3 is 0 Å². The van der Waals surface area contributed by atoms with Crippen molar-refractivity contribution in [2.45, 2.75) is 6.92 Å². The molecule has 0 saturated carbocycles. The first-order chi connectivity index (χ1) is 14.4. The SMILES string of the molecule is CC1=NN(c2ccccc2)C(=O)C1/C=C1\C(=O)NC(=S)N(c2ccccc2F)C1=O.